The van der Waals surface area contributed by atoms with Crippen LogP contribution in [0, 0.1) is 56.2 Å². The summed E-state index contributed by atoms with van der Waals surface area (Å²) in [6, 6.07) is 0. The van der Waals surface area contributed by atoms with Crippen LogP contribution in [0.2, 0.25) is 0 Å². The van der Waals surface area contributed by atoms with Gasteiger partial charge >= 0.3 is 11.9 Å². The number of aliphatic hydroxyl groups excluding tert-OH is 13. The summed E-state index contributed by atoms with van der Waals surface area (Å²) >= 11 is 0. The molecule has 0 radical (unpaired) electrons. The summed E-state index contributed by atoms with van der Waals surface area (Å²) in [5.41, 5.74) is -3.52. The molecule has 9 rings (SSSR count). The number of rotatable bonds is 16. The highest BCUT2D eigenvalue weighted by Crippen LogP contribution is 2.76. The first-order chi connectivity index (χ1) is 41.2. The molecule has 0 bridgehead atoms. The number of hydrogen-bond donors (Lipinski definition) is 14. The van der Waals surface area contributed by atoms with E-state index in [1.165, 1.54) is 0 Å². The van der Waals surface area contributed by atoms with Gasteiger partial charge in [0.25, 0.3) is 0 Å². The number of carbonyl (C=O) groups excluding carboxylic acids is 2. The first-order valence-corrected chi connectivity index (χ1v) is 31.0. The van der Waals surface area contributed by atoms with Gasteiger partial charge in [0.15, 0.2) is 37.0 Å². The van der Waals surface area contributed by atoms with Gasteiger partial charge in [-0.05, 0) is 118 Å². The molecule has 26 nitrogen and oxygen atoms in total. The molecule has 0 aromatic rings. The van der Waals surface area contributed by atoms with Gasteiger partial charge in [-0.2, -0.15) is 0 Å². The van der Waals surface area contributed by atoms with E-state index in [9.17, 15) is 85.9 Å². The molecule has 8 fully saturated rings. The molecular formula is C62H96O26. The number of aliphatic hydroxyl groups is 13. The standard InChI is InChI=1S/C62H96O26/c1-11-26(3)38(69)37-50(88-52(79)27(4)12-2)62(25-65)29(19-57(37,5)6)28-13-14-34-58(7)17-16-36(59(8,24-64)33(58)15-18-60(34,9)61(28,10)20-35(62)68)83-56-49(87-54-44(75)42(73)41(72)32(21-63)82-54)46(45(76)47(85-56)51(77)78)84-55-48(40(71)31(67)23-81-55)86-53-43(74)39(70)30(66)22-80-53/h11-13,29-37,39-50,53-56,63-68,70-76H,14-25H2,1-10H3,(H,77,78)/b26-11-,27-12-/t29?,30-,31+,32-,33?,34?,35-,36+,37+,39+,40+,41+,42+,43-,44-,45+,46+,47+,48-,49-,50+,53+,54+,55+,56-,58+,59+,60-,61-,62+/m1/s1. The molecule has 5 aliphatic carbocycles. The Morgan fingerprint density at radius 1 is 0.636 bits per heavy atom. The van der Waals surface area contributed by atoms with Gasteiger partial charge in [0.05, 0.1) is 56.6 Å². The SMILES string of the molecule is C/C=C(/C)C(=O)O[C@H]1[C@H](C(=O)/C(C)=C\C)C(C)(C)CC2C3=CCC4[C@@]5(C)CC[C@H](O[C@@H]6O[C@H](C(=O)O)[C@@H](O)[C@H](O[C@@H]7OC[C@H](O)[C@H](O)[C@H]7O[C@@H]7OC[C@@H](O)[C@H](O)[C@H]7O)[C@H]6O[C@@H]6O[C@H](CO)[C@H](O)[C@H](O)[C@H]6O)[C@@](C)(CO)C5CC[C@@]4(C)[C@]3(C)C[C@@H](O)[C@]21CO. The van der Waals surface area contributed by atoms with Crippen LogP contribution in [0.25, 0.3) is 0 Å². The number of esters is 1. The van der Waals surface area contributed by atoms with Crippen molar-refractivity contribution in [1.82, 2.24) is 0 Å². The summed E-state index contributed by atoms with van der Waals surface area (Å²) in [4.78, 5) is 41.7. The Morgan fingerprint density at radius 2 is 1.25 bits per heavy atom. The molecule has 500 valence electrons. The van der Waals surface area contributed by atoms with Crippen molar-refractivity contribution in [3.8, 4) is 0 Å². The van der Waals surface area contributed by atoms with Gasteiger partial charge in [0.2, 0.25) is 0 Å². The molecule has 0 amide bonds. The first-order valence-electron chi connectivity index (χ1n) is 31.0. The molecule has 4 saturated carbocycles. The molecule has 0 aromatic heterocycles. The second kappa shape index (κ2) is 25.7. The van der Waals surface area contributed by atoms with E-state index in [-0.39, 0.29) is 30.5 Å². The van der Waals surface area contributed by atoms with E-state index in [2.05, 4.69) is 26.8 Å². The predicted octanol–water partition coefficient (Wildman–Crippen LogP) is -0.999. The van der Waals surface area contributed by atoms with Crippen LogP contribution in [0.15, 0.2) is 34.9 Å². The van der Waals surface area contributed by atoms with E-state index in [1.54, 1.807) is 39.8 Å². The van der Waals surface area contributed by atoms with Gasteiger partial charge in [0.1, 0.15) is 85.5 Å². The van der Waals surface area contributed by atoms with Crippen molar-refractivity contribution in [3.63, 3.8) is 0 Å². The number of hydrogen-bond acceptors (Lipinski definition) is 25. The van der Waals surface area contributed by atoms with Crippen molar-refractivity contribution in [2.24, 2.45) is 56.2 Å². The number of aliphatic carboxylic acids is 1. The van der Waals surface area contributed by atoms with Gasteiger partial charge in [-0.25, -0.2) is 9.59 Å². The Hall–Kier alpha value is -3.01. The molecule has 88 heavy (non-hydrogen) atoms. The molecule has 4 heterocycles. The van der Waals surface area contributed by atoms with Crippen molar-refractivity contribution in [2.45, 2.75) is 243 Å². The third kappa shape index (κ3) is 11.2. The maximum absolute atomic E-state index is 14.6. The Kier molecular flexibility index (Phi) is 20.3. The first kappa shape index (κ1) is 69.3. The molecule has 14 N–H and O–H groups in total. The van der Waals surface area contributed by atoms with Crippen LogP contribution in [0.5, 0.6) is 0 Å². The maximum atomic E-state index is 14.6. The Morgan fingerprint density at radius 3 is 1.86 bits per heavy atom. The van der Waals surface area contributed by atoms with Gasteiger partial charge in [0, 0.05) is 11.0 Å². The third-order valence-electron chi connectivity index (χ3n) is 23.3. The third-order valence-corrected chi connectivity index (χ3v) is 23.3. The number of carboxylic acid groups (broad SMARTS) is 1. The molecule has 9 aliphatic rings. The molecule has 4 saturated heterocycles. The van der Waals surface area contributed by atoms with E-state index < -0.39 is 218 Å². The highest BCUT2D eigenvalue weighted by Gasteiger charge is 2.74. The topological polar surface area (TPSA) is 418 Å². The fraction of sp³-hybridized carbons (Fsp3) is 0.855. The van der Waals surface area contributed by atoms with E-state index in [0.717, 1.165) is 5.57 Å². The Balaban J connectivity index is 1.06. The fourth-order valence-electron chi connectivity index (χ4n) is 17.7. The number of ether oxygens (including phenoxy) is 9. The Bertz CT molecular complexity index is 2630. The molecule has 3 unspecified atom stereocenters. The number of carboxylic acids is 1. The van der Waals surface area contributed by atoms with Crippen LogP contribution >= 0.6 is 0 Å². The minimum Gasteiger partial charge on any atom is -0.479 e. The highest BCUT2D eigenvalue weighted by atomic mass is 16.8. The van der Waals surface area contributed by atoms with Crippen molar-refractivity contribution in [2.75, 3.05) is 33.0 Å². The van der Waals surface area contributed by atoms with Crippen LogP contribution in [-0.4, -0.2) is 251 Å². The van der Waals surface area contributed by atoms with Crippen LogP contribution in [0.3, 0.4) is 0 Å². The lowest BCUT2D eigenvalue weighted by atomic mass is 9.32. The van der Waals surface area contributed by atoms with E-state index in [4.69, 9.17) is 42.6 Å². The zero-order chi connectivity index (χ0) is 64.9. The lowest BCUT2D eigenvalue weighted by Gasteiger charge is -2.73. The zero-order valence-corrected chi connectivity index (χ0v) is 51.8. The average molecular weight is 1260 g/mol. The van der Waals surface area contributed by atoms with Crippen LogP contribution in [0.1, 0.15) is 114 Å². The van der Waals surface area contributed by atoms with Crippen molar-refractivity contribution >= 4 is 17.7 Å². The molecule has 4 aliphatic heterocycles. The zero-order valence-electron chi connectivity index (χ0n) is 51.8. The fourth-order valence-corrected chi connectivity index (χ4v) is 17.7. The number of Topliss-reactive ketones (excluding diaryl/α,β-unsaturated/α-hetero) is 1. The van der Waals surface area contributed by atoms with Crippen LogP contribution in [-0.2, 0) is 57.0 Å². The summed E-state index contributed by atoms with van der Waals surface area (Å²) in [6.07, 6.45) is -29.5. The quantitative estimate of drug-likeness (QED) is 0.0381. The monoisotopic (exact) mass is 1260 g/mol. The Labute approximate surface area is 512 Å². The maximum Gasteiger partial charge on any atom is 0.335 e. The van der Waals surface area contributed by atoms with Gasteiger partial charge in [-0.1, -0.05) is 65.3 Å². The summed E-state index contributed by atoms with van der Waals surface area (Å²) in [7, 11) is 0. The lowest BCUT2D eigenvalue weighted by Crippen LogP contribution is -2.72. The smallest absolute Gasteiger partial charge is 0.335 e. The van der Waals surface area contributed by atoms with Crippen LogP contribution < -0.4 is 0 Å². The number of carbonyl (C=O) groups is 3. The molecule has 26 heteroatoms. The summed E-state index contributed by atoms with van der Waals surface area (Å²) < 4.78 is 54.9. The second-order valence-electron chi connectivity index (χ2n) is 28.2. The highest BCUT2D eigenvalue weighted by molar-refractivity contribution is 5.98. The second-order valence-corrected chi connectivity index (χ2v) is 28.2. The minimum absolute atomic E-state index is 0.118. The lowest BCUT2D eigenvalue weighted by molar-refractivity contribution is -0.400. The minimum atomic E-state index is -2.26. The molecule has 30 atom stereocenters. The number of fused-ring (bicyclic) bond motifs is 7. The number of allylic oxidation sites excluding steroid dienone is 5. The van der Waals surface area contributed by atoms with Crippen molar-refractivity contribution in [3.05, 3.63) is 34.9 Å². The largest absolute Gasteiger partial charge is 0.479 e. The van der Waals surface area contributed by atoms with Crippen molar-refractivity contribution < 1.29 is 129 Å². The summed E-state index contributed by atoms with van der Waals surface area (Å²) in [5.74, 6) is -4.52. The predicted molar refractivity (Wildman–Crippen MR) is 302 cm³/mol. The average Bonchev–Trinajstić information content (AvgIpc) is 0.677. The van der Waals surface area contributed by atoms with Crippen molar-refractivity contribution in [1.29, 1.82) is 0 Å². The van der Waals surface area contributed by atoms with Gasteiger partial charge in [-0.15, -0.1) is 0 Å². The van der Waals surface area contributed by atoms with Gasteiger partial charge < -0.3 is 114 Å². The molecule has 0 spiro atoms. The molecular weight excluding hydrogens is 1160 g/mol. The van der Waals surface area contributed by atoms with Gasteiger partial charge in [-0.3, -0.25) is 4.79 Å². The van der Waals surface area contributed by atoms with E-state index >= 15 is 0 Å². The molecule has 0 aromatic carbocycles. The van der Waals surface area contributed by atoms with Crippen LogP contribution in [0.4, 0.5) is 0 Å². The summed E-state index contributed by atoms with van der Waals surface area (Å²) in [6.45, 7) is 16.0. The van der Waals surface area contributed by atoms with E-state index in [1.807, 2.05) is 20.8 Å². The number of ketones is 1. The summed E-state index contributed by atoms with van der Waals surface area (Å²) in [5, 5.41) is 156. The normalized spacial score (nSPS) is 50.5. The van der Waals surface area contributed by atoms with E-state index in [0.29, 0.717) is 43.3 Å².